The van der Waals surface area contributed by atoms with E-state index in [9.17, 15) is 4.79 Å². The molecule has 3 aromatic rings. The topological polar surface area (TPSA) is 64.9 Å². The zero-order valence-corrected chi connectivity index (χ0v) is 19.0. The number of carbonyl (C=O) groups is 1. The molecule has 1 saturated heterocycles. The van der Waals surface area contributed by atoms with E-state index in [1.807, 2.05) is 31.2 Å². The monoisotopic (exact) mass is 458 g/mol. The molecule has 0 unspecified atom stereocenters. The summed E-state index contributed by atoms with van der Waals surface area (Å²) in [5.74, 6) is 0.698. The van der Waals surface area contributed by atoms with Crippen LogP contribution < -0.4 is 14.8 Å². The minimum atomic E-state index is -0.762. The highest BCUT2D eigenvalue weighted by molar-refractivity contribution is 6.30. The third-order valence-electron chi connectivity index (χ3n) is 7.10. The minimum Gasteiger partial charge on any atom is -0.363 e. The number of hydrogen-bond acceptors (Lipinski definition) is 6. The average molecular weight is 459 g/mol. The van der Waals surface area contributed by atoms with Gasteiger partial charge in [-0.25, -0.2) is 9.97 Å². The summed E-state index contributed by atoms with van der Waals surface area (Å²) in [7, 11) is 0. The highest BCUT2D eigenvalue weighted by Crippen LogP contribution is 2.48. The van der Waals surface area contributed by atoms with Crippen molar-refractivity contribution in [2.24, 2.45) is 10.5 Å². The van der Waals surface area contributed by atoms with E-state index >= 15 is 0 Å². The van der Waals surface area contributed by atoms with Crippen LogP contribution in [0.1, 0.15) is 12.5 Å². The van der Waals surface area contributed by atoms with E-state index in [0.29, 0.717) is 23.9 Å². The van der Waals surface area contributed by atoms with Crippen molar-refractivity contribution in [1.29, 1.82) is 0 Å². The first kappa shape index (κ1) is 20.2. The second kappa shape index (κ2) is 7.56. The summed E-state index contributed by atoms with van der Waals surface area (Å²) >= 11 is 6.08. The number of nitrogens with zero attached hydrogens (tertiary/aromatic N) is 6. The molecule has 3 aliphatic rings. The van der Waals surface area contributed by atoms with E-state index in [4.69, 9.17) is 16.7 Å². The number of fused-ring (bicyclic) bond motifs is 4. The first-order valence-electron chi connectivity index (χ1n) is 11.1. The number of hydrazone groups is 1. The number of aromatic nitrogens is 2. The van der Waals surface area contributed by atoms with Gasteiger partial charge in [-0.15, -0.1) is 0 Å². The number of halogens is 1. The first-order chi connectivity index (χ1) is 16.1. The number of carbonyl (C=O) groups excluding carboxylic acids is 1. The van der Waals surface area contributed by atoms with Gasteiger partial charge in [0.25, 0.3) is 5.91 Å². The van der Waals surface area contributed by atoms with Crippen LogP contribution in [-0.4, -0.2) is 47.3 Å². The third kappa shape index (κ3) is 3.03. The molecule has 7 nitrogen and oxygen atoms in total. The van der Waals surface area contributed by atoms with Crippen LogP contribution in [0.5, 0.6) is 0 Å². The van der Waals surface area contributed by atoms with Crippen molar-refractivity contribution in [1.82, 2.24) is 9.97 Å². The molecule has 1 spiro atoms. The lowest BCUT2D eigenvalue weighted by Gasteiger charge is -2.53. The highest BCUT2D eigenvalue weighted by atomic mass is 35.5. The number of hydrogen-bond donors (Lipinski definition) is 0. The minimum absolute atomic E-state index is 0.00246. The summed E-state index contributed by atoms with van der Waals surface area (Å²) in [6.45, 7) is 4.20. The average Bonchev–Trinajstić information content (AvgIpc) is 3.10. The molecular weight excluding hydrogens is 436 g/mol. The number of anilines is 3. The molecule has 6 rings (SSSR count). The molecule has 1 fully saturated rings. The van der Waals surface area contributed by atoms with E-state index in [2.05, 4.69) is 38.0 Å². The van der Waals surface area contributed by atoms with Gasteiger partial charge in [0, 0.05) is 42.7 Å². The fourth-order valence-corrected chi connectivity index (χ4v) is 5.59. The molecule has 0 aliphatic carbocycles. The maximum Gasteiger partial charge on any atom is 0.261 e. The van der Waals surface area contributed by atoms with E-state index in [0.717, 1.165) is 24.5 Å². The fourth-order valence-electron chi connectivity index (χ4n) is 5.46. The van der Waals surface area contributed by atoms with Crippen LogP contribution in [0.3, 0.4) is 0 Å². The van der Waals surface area contributed by atoms with Crippen molar-refractivity contribution < 1.29 is 4.79 Å². The van der Waals surface area contributed by atoms with Crippen LogP contribution in [0.4, 0.5) is 17.3 Å². The molecule has 8 heteroatoms. The maximum atomic E-state index is 14.2. The third-order valence-corrected chi connectivity index (χ3v) is 7.35. The van der Waals surface area contributed by atoms with Gasteiger partial charge in [0.15, 0.2) is 0 Å². The predicted molar refractivity (Wildman–Crippen MR) is 130 cm³/mol. The van der Waals surface area contributed by atoms with Crippen molar-refractivity contribution in [3.8, 4) is 0 Å². The van der Waals surface area contributed by atoms with Crippen LogP contribution in [0, 0.1) is 5.41 Å². The lowest BCUT2D eigenvalue weighted by Crippen LogP contribution is -2.67. The molecular formula is C25H23ClN6O. The van der Waals surface area contributed by atoms with E-state index in [1.165, 1.54) is 11.3 Å². The highest BCUT2D eigenvalue weighted by Gasteiger charge is 2.60. The number of piperazine rings is 1. The van der Waals surface area contributed by atoms with E-state index in [1.54, 1.807) is 29.5 Å². The Bertz CT molecular complexity index is 1250. The summed E-state index contributed by atoms with van der Waals surface area (Å²) in [6.07, 6.45) is 4.14. The molecule has 2 atom stereocenters. The Morgan fingerprint density at radius 2 is 1.76 bits per heavy atom. The molecule has 166 valence electrons. The van der Waals surface area contributed by atoms with Crippen LogP contribution >= 0.6 is 11.6 Å². The number of rotatable bonds is 2. The Balaban J connectivity index is 1.45. The van der Waals surface area contributed by atoms with Crippen molar-refractivity contribution in [2.75, 3.05) is 34.4 Å². The van der Waals surface area contributed by atoms with Crippen LogP contribution in [0.2, 0.25) is 5.02 Å². The molecule has 0 radical (unpaired) electrons. The Kier molecular flexibility index (Phi) is 4.62. The zero-order chi connectivity index (χ0) is 22.6. The zero-order valence-electron chi connectivity index (χ0n) is 18.2. The van der Waals surface area contributed by atoms with Gasteiger partial charge in [-0.05, 0) is 55.3 Å². The fraction of sp³-hybridized carbons (Fsp3) is 0.280. The largest absolute Gasteiger partial charge is 0.363 e. The molecule has 2 aromatic carbocycles. The SMILES string of the molecule is CC1=NN(c2ccc(Cl)cc2)C(=O)[C@]12Cc1ccccc1N1CCN(c3ncccn3)C[C@@H]12. The summed E-state index contributed by atoms with van der Waals surface area (Å²) in [6, 6.07) is 17.4. The Hall–Kier alpha value is -3.45. The summed E-state index contributed by atoms with van der Waals surface area (Å²) < 4.78 is 0. The van der Waals surface area contributed by atoms with Gasteiger partial charge in [0.2, 0.25) is 5.95 Å². The summed E-state index contributed by atoms with van der Waals surface area (Å²) in [5, 5.41) is 6.97. The van der Waals surface area contributed by atoms with Gasteiger partial charge < -0.3 is 9.80 Å². The molecule has 33 heavy (non-hydrogen) atoms. The standard InChI is InChI=1S/C25H23ClN6O/c1-17-25(23(33)32(29-17)20-9-7-19(26)8-10-20)15-18-5-2-3-6-21(18)31-14-13-30(16-22(25)31)24-27-11-4-12-28-24/h2-12,22H,13-16H2,1H3/t22-,25-/m1/s1. The van der Waals surface area contributed by atoms with Gasteiger partial charge in [0.05, 0.1) is 17.4 Å². The van der Waals surface area contributed by atoms with Gasteiger partial charge in [-0.3, -0.25) is 4.79 Å². The Morgan fingerprint density at radius 3 is 2.55 bits per heavy atom. The summed E-state index contributed by atoms with van der Waals surface area (Å²) in [4.78, 5) is 27.7. The second-order valence-corrected chi connectivity index (χ2v) is 9.20. The van der Waals surface area contributed by atoms with Gasteiger partial charge >= 0.3 is 0 Å². The lowest BCUT2D eigenvalue weighted by atomic mass is 9.67. The maximum absolute atomic E-state index is 14.2. The van der Waals surface area contributed by atoms with Gasteiger partial charge in [-0.1, -0.05) is 29.8 Å². The van der Waals surface area contributed by atoms with E-state index < -0.39 is 5.41 Å². The Morgan fingerprint density at radius 1 is 1.00 bits per heavy atom. The molecule has 1 amide bonds. The number of benzene rings is 2. The molecule has 1 aromatic heterocycles. The van der Waals surface area contributed by atoms with Crippen molar-refractivity contribution >= 4 is 40.5 Å². The van der Waals surface area contributed by atoms with Crippen LogP contribution in [0.15, 0.2) is 72.1 Å². The van der Waals surface area contributed by atoms with Gasteiger partial charge in [-0.2, -0.15) is 10.1 Å². The van der Waals surface area contributed by atoms with Crippen LogP contribution in [0.25, 0.3) is 0 Å². The second-order valence-electron chi connectivity index (χ2n) is 8.76. The normalized spacial score (nSPS) is 24.1. The molecule has 4 heterocycles. The number of amides is 1. The van der Waals surface area contributed by atoms with Crippen molar-refractivity contribution in [2.45, 2.75) is 19.4 Å². The molecule has 3 aliphatic heterocycles. The predicted octanol–water partition coefficient (Wildman–Crippen LogP) is 3.79. The number of para-hydroxylation sites is 1. The Labute approximate surface area is 197 Å². The quantitative estimate of drug-likeness (QED) is 0.584. The molecule has 0 N–H and O–H groups in total. The van der Waals surface area contributed by atoms with E-state index in [-0.39, 0.29) is 11.9 Å². The smallest absolute Gasteiger partial charge is 0.261 e. The van der Waals surface area contributed by atoms with Crippen molar-refractivity contribution in [3.05, 3.63) is 77.6 Å². The van der Waals surface area contributed by atoms with Crippen LogP contribution in [-0.2, 0) is 11.2 Å². The summed E-state index contributed by atoms with van der Waals surface area (Å²) in [5.41, 5.74) is 3.18. The van der Waals surface area contributed by atoms with Gasteiger partial charge in [0.1, 0.15) is 5.41 Å². The lowest BCUT2D eigenvalue weighted by molar-refractivity contribution is -0.125. The van der Waals surface area contributed by atoms with Crippen molar-refractivity contribution in [3.63, 3.8) is 0 Å². The molecule has 0 saturated carbocycles. The first-order valence-corrected chi connectivity index (χ1v) is 11.5. The molecule has 0 bridgehead atoms.